The number of rotatable bonds is 9. The number of thiol groups is 2. The van der Waals surface area contributed by atoms with Gasteiger partial charge in [0.05, 0.1) is 26.1 Å². The van der Waals surface area contributed by atoms with Crippen LogP contribution in [0.1, 0.15) is 39.5 Å². The summed E-state index contributed by atoms with van der Waals surface area (Å²) in [6.45, 7) is 4.40. The average Bonchev–Trinajstić information content (AvgIpc) is 2.20. The Morgan fingerprint density at radius 1 is 0.889 bits per heavy atom. The molecule has 4 nitrogen and oxygen atoms in total. The lowest BCUT2D eigenvalue weighted by Crippen LogP contribution is -2.12. The zero-order valence-corrected chi connectivity index (χ0v) is 12.7. The highest BCUT2D eigenvalue weighted by Gasteiger charge is 2.07. The minimum absolute atomic E-state index is 0.0154. The van der Waals surface area contributed by atoms with E-state index in [1.54, 1.807) is 0 Å². The molecule has 0 aliphatic rings. The zero-order chi connectivity index (χ0) is 14.0. The third-order valence-electron chi connectivity index (χ3n) is 1.99. The summed E-state index contributed by atoms with van der Waals surface area (Å²) < 4.78 is 9.97. The third kappa shape index (κ3) is 12.1. The number of hydrogen-bond acceptors (Lipinski definition) is 6. The van der Waals surface area contributed by atoms with E-state index in [2.05, 4.69) is 25.3 Å². The summed E-state index contributed by atoms with van der Waals surface area (Å²) >= 11 is 8.20. The topological polar surface area (TPSA) is 52.6 Å². The van der Waals surface area contributed by atoms with Crippen LogP contribution in [0.2, 0.25) is 0 Å². The zero-order valence-electron chi connectivity index (χ0n) is 10.9. The standard InChI is InChI=1S/C12H22O4S2/c1-9(17)7-11(13)15-5-3-4-6-16-12(14)8-10(2)18/h9-10,17-18H,3-8H2,1-2H3. The molecule has 0 aromatic rings. The van der Waals surface area contributed by atoms with Gasteiger partial charge in [0.15, 0.2) is 0 Å². The van der Waals surface area contributed by atoms with Crippen LogP contribution in [0.4, 0.5) is 0 Å². The van der Waals surface area contributed by atoms with E-state index < -0.39 is 0 Å². The maximum atomic E-state index is 11.2. The Labute approximate surface area is 120 Å². The lowest BCUT2D eigenvalue weighted by Gasteiger charge is -2.07. The van der Waals surface area contributed by atoms with Gasteiger partial charge in [0.25, 0.3) is 0 Å². The van der Waals surface area contributed by atoms with Gasteiger partial charge in [0.1, 0.15) is 0 Å². The molecule has 0 N–H and O–H groups in total. The number of carbonyl (C=O) groups is 2. The molecule has 106 valence electrons. The number of carbonyl (C=O) groups excluding carboxylic acids is 2. The number of ether oxygens (including phenoxy) is 2. The highest BCUT2D eigenvalue weighted by Crippen LogP contribution is 2.03. The first-order valence-electron chi connectivity index (χ1n) is 6.09. The van der Waals surface area contributed by atoms with Gasteiger partial charge in [-0.2, -0.15) is 25.3 Å². The quantitative estimate of drug-likeness (QED) is 0.389. The summed E-state index contributed by atoms with van der Waals surface area (Å²) in [7, 11) is 0. The highest BCUT2D eigenvalue weighted by molar-refractivity contribution is 7.81. The fraction of sp³-hybridized carbons (Fsp3) is 0.833. The van der Waals surface area contributed by atoms with Crippen LogP contribution < -0.4 is 0 Å². The van der Waals surface area contributed by atoms with Crippen LogP contribution in [0.3, 0.4) is 0 Å². The smallest absolute Gasteiger partial charge is 0.306 e. The van der Waals surface area contributed by atoms with Gasteiger partial charge >= 0.3 is 11.9 Å². The Morgan fingerprint density at radius 2 is 1.22 bits per heavy atom. The van der Waals surface area contributed by atoms with Crippen LogP contribution in [0.15, 0.2) is 0 Å². The van der Waals surface area contributed by atoms with Crippen LogP contribution >= 0.6 is 25.3 Å². The molecule has 0 aliphatic carbocycles. The Bertz CT molecular complexity index is 228. The first-order valence-corrected chi connectivity index (χ1v) is 7.12. The first kappa shape index (κ1) is 17.6. The highest BCUT2D eigenvalue weighted by atomic mass is 32.1. The van der Waals surface area contributed by atoms with E-state index in [0.29, 0.717) is 38.9 Å². The van der Waals surface area contributed by atoms with Crippen LogP contribution in [-0.4, -0.2) is 35.7 Å². The molecule has 0 aromatic heterocycles. The van der Waals surface area contributed by atoms with Crippen molar-refractivity contribution in [2.24, 2.45) is 0 Å². The Morgan fingerprint density at radius 3 is 1.50 bits per heavy atom. The molecule has 0 radical (unpaired) electrons. The molecule has 2 unspecified atom stereocenters. The maximum absolute atomic E-state index is 11.2. The molecule has 0 saturated heterocycles. The summed E-state index contributed by atoms with van der Waals surface area (Å²) in [5.41, 5.74) is 0. The monoisotopic (exact) mass is 294 g/mol. The molecule has 0 bridgehead atoms. The molecule has 0 rings (SSSR count). The van der Waals surface area contributed by atoms with Crippen molar-refractivity contribution in [3.8, 4) is 0 Å². The van der Waals surface area contributed by atoms with E-state index in [9.17, 15) is 9.59 Å². The molecule has 0 saturated carbocycles. The van der Waals surface area contributed by atoms with E-state index in [4.69, 9.17) is 9.47 Å². The summed E-state index contributed by atoms with van der Waals surface area (Å²) in [5, 5.41) is 0.0309. The summed E-state index contributed by atoms with van der Waals surface area (Å²) in [5.74, 6) is -0.475. The average molecular weight is 294 g/mol. The van der Waals surface area contributed by atoms with E-state index >= 15 is 0 Å². The minimum atomic E-state index is -0.238. The lowest BCUT2D eigenvalue weighted by atomic mass is 10.3. The summed E-state index contributed by atoms with van der Waals surface area (Å²) in [6, 6.07) is 0. The van der Waals surface area contributed by atoms with Crippen LogP contribution in [0.25, 0.3) is 0 Å². The Kier molecular flexibility index (Phi) is 10.3. The predicted molar refractivity (Wildman–Crippen MR) is 77.3 cm³/mol. The minimum Gasteiger partial charge on any atom is -0.466 e. The molecule has 0 fully saturated rings. The van der Waals surface area contributed by atoms with E-state index in [0.717, 1.165) is 0 Å². The molecule has 0 spiro atoms. The van der Waals surface area contributed by atoms with Crippen molar-refractivity contribution in [3.05, 3.63) is 0 Å². The number of unbranched alkanes of at least 4 members (excludes halogenated alkanes) is 1. The molecular weight excluding hydrogens is 272 g/mol. The molecule has 0 amide bonds. The van der Waals surface area contributed by atoms with Crippen molar-refractivity contribution in [1.82, 2.24) is 0 Å². The molecule has 18 heavy (non-hydrogen) atoms. The van der Waals surface area contributed by atoms with Gasteiger partial charge < -0.3 is 9.47 Å². The normalized spacial score (nSPS) is 13.8. The van der Waals surface area contributed by atoms with Gasteiger partial charge in [-0.05, 0) is 12.8 Å². The molecule has 0 aromatic carbocycles. The summed E-state index contributed by atoms with van der Waals surface area (Å²) in [4.78, 5) is 22.3. The molecular formula is C12H22O4S2. The Balaban J connectivity index is 3.36. The predicted octanol–water partition coefficient (Wildman–Crippen LogP) is 2.27. The van der Waals surface area contributed by atoms with Gasteiger partial charge in [-0.25, -0.2) is 0 Å². The number of hydrogen-bond donors (Lipinski definition) is 2. The van der Waals surface area contributed by atoms with E-state index in [1.165, 1.54) is 0 Å². The molecule has 6 heteroatoms. The van der Waals surface area contributed by atoms with E-state index in [1.807, 2.05) is 13.8 Å². The van der Waals surface area contributed by atoms with Crippen molar-refractivity contribution in [2.45, 2.75) is 50.0 Å². The van der Waals surface area contributed by atoms with E-state index in [-0.39, 0.29) is 22.4 Å². The second kappa shape index (κ2) is 10.6. The third-order valence-corrected chi connectivity index (χ3v) is 2.35. The van der Waals surface area contributed by atoms with Gasteiger partial charge in [-0.1, -0.05) is 13.8 Å². The fourth-order valence-electron chi connectivity index (χ4n) is 1.18. The Hall–Kier alpha value is -0.360. The first-order chi connectivity index (χ1) is 8.41. The second-order valence-electron chi connectivity index (χ2n) is 4.25. The van der Waals surface area contributed by atoms with Crippen molar-refractivity contribution >= 4 is 37.2 Å². The van der Waals surface area contributed by atoms with Gasteiger partial charge in [-0.3, -0.25) is 9.59 Å². The van der Waals surface area contributed by atoms with Gasteiger partial charge in [0, 0.05) is 10.5 Å². The van der Waals surface area contributed by atoms with Crippen LogP contribution in [0.5, 0.6) is 0 Å². The van der Waals surface area contributed by atoms with Gasteiger partial charge in [-0.15, -0.1) is 0 Å². The second-order valence-corrected chi connectivity index (χ2v) is 6.02. The van der Waals surface area contributed by atoms with Gasteiger partial charge in [0.2, 0.25) is 0 Å². The summed E-state index contributed by atoms with van der Waals surface area (Å²) in [6.07, 6.45) is 2.02. The largest absolute Gasteiger partial charge is 0.466 e. The molecule has 2 atom stereocenters. The lowest BCUT2D eigenvalue weighted by molar-refractivity contribution is -0.146. The number of esters is 2. The van der Waals surface area contributed by atoms with Crippen LogP contribution in [-0.2, 0) is 19.1 Å². The van der Waals surface area contributed by atoms with Crippen molar-refractivity contribution in [3.63, 3.8) is 0 Å². The SMILES string of the molecule is CC(S)CC(=O)OCCCCOC(=O)CC(C)S. The molecule has 0 aliphatic heterocycles. The van der Waals surface area contributed by atoms with Crippen LogP contribution in [0, 0.1) is 0 Å². The molecule has 0 heterocycles. The van der Waals surface area contributed by atoms with Crippen molar-refractivity contribution < 1.29 is 19.1 Å². The fourth-order valence-corrected chi connectivity index (χ4v) is 1.47. The van der Waals surface area contributed by atoms with Crippen molar-refractivity contribution in [2.75, 3.05) is 13.2 Å². The van der Waals surface area contributed by atoms with Crippen molar-refractivity contribution in [1.29, 1.82) is 0 Å². The maximum Gasteiger partial charge on any atom is 0.306 e.